The monoisotopic (exact) mass is 412 g/mol. The Bertz CT molecular complexity index is 984. The topological polar surface area (TPSA) is 58.2 Å². The molecular weight excluding hydrogens is 380 g/mol. The maximum atomic E-state index is 12.4. The van der Waals surface area contributed by atoms with Gasteiger partial charge in [-0.05, 0) is 80.7 Å². The van der Waals surface area contributed by atoms with E-state index in [4.69, 9.17) is 0 Å². The van der Waals surface area contributed by atoms with Crippen LogP contribution >= 0.6 is 0 Å². The Kier molecular flexibility index (Phi) is 5.47. The summed E-state index contributed by atoms with van der Waals surface area (Å²) >= 11 is 0. The molecular formula is C24H32N2O2S. The smallest absolute Gasteiger partial charge is 0.216 e. The van der Waals surface area contributed by atoms with Gasteiger partial charge in [-0.3, -0.25) is 0 Å². The van der Waals surface area contributed by atoms with Gasteiger partial charge in [0.2, 0.25) is 10.0 Å². The van der Waals surface area contributed by atoms with E-state index in [9.17, 15) is 8.42 Å². The number of sulfonamides is 1. The summed E-state index contributed by atoms with van der Waals surface area (Å²) in [5.41, 5.74) is 6.77. The number of hydrogen-bond donors (Lipinski definition) is 2. The highest BCUT2D eigenvalue weighted by atomic mass is 32.2. The number of hydrogen-bond acceptors (Lipinski definition) is 3. The molecule has 2 aromatic carbocycles. The second kappa shape index (κ2) is 7.77. The largest absolute Gasteiger partial charge is 0.385 e. The lowest BCUT2D eigenvalue weighted by molar-refractivity contribution is 0.322. The summed E-state index contributed by atoms with van der Waals surface area (Å²) in [5.74, 6) is 0.588. The van der Waals surface area contributed by atoms with Crippen LogP contribution in [0.1, 0.15) is 57.6 Å². The summed E-state index contributed by atoms with van der Waals surface area (Å²) < 4.78 is 27.0. The highest BCUT2D eigenvalue weighted by Gasteiger charge is 2.32. The first-order valence-corrected chi connectivity index (χ1v) is 12.2. The van der Waals surface area contributed by atoms with Gasteiger partial charge in [-0.1, -0.05) is 36.4 Å². The van der Waals surface area contributed by atoms with Crippen LogP contribution in [0.3, 0.4) is 0 Å². The Hall–Kier alpha value is -1.85. The first-order chi connectivity index (χ1) is 13.7. The second-order valence-electron chi connectivity index (χ2n) is 9.50. The number of nitrogens with one attached hydrogen (secondary N) is 2. The summed E-state index contributed by atoms with van der Waals surface area (Å²) in [5, 5.41) is 3.70. The van der Waals surface area contributed by atoms with Gasteiger partial charge in [-0.15, -0.1) is 0 Å². The van der Waals surface area contributed by atoms with Crippen molar-refractivity contribution < 1.29 is 8.42 Å². The van der Waals surface area contributed by atoms with E-state index in [0.29, 0.717) is 5.92 Å². The SMILES string of the molecule is CC(C)(C)S(=O)(=O)NC1CCC(CNc2cccc3c2Cc2ccccc2-3)CC1. The average molecular weight is 413 g/mol. The lowest BCUT2D eigenvalue weighted by Gasteiger charge is -2.31. The van der Waals surface area contributed by atoms with Crippen LogP contribution in [0.4, 0.5) is 5.69 Å². The van der Waals surface area contributed by atoms with Crippen LogP contribution in [0.15, 0.2) is 42.5 Å². The summed E-state index contributed by atoms with van der Waals surface area (Å²) in [6.45, 7) is 6.20. The fraction of sp³-hybridized carbons (Fsp3) is 0.500. The third kappa shape index (κ3) is 4.22. The zero-order valence-electron chi connectivity index (χ0n) is 17.7. The van der Waals surface area contributed by atoms with Gasteiger partial charge in [0.25, 0.3) is 0 Å². The van der Waals surface area contributed by atoms with Crippen LogP contribution < -0.4 is 10.0 Å². The maximum absolute atomic E-state index is 12.4. The lowest BCUT2D eigenvalue weighted by Crippen LogP contribution is -2.46. The van der Waals surface area contributed by atoms with Gasteiger partial charge in [-0.25, -0.2) is 13.1 Å². The van der Waals surface area contributed by atoms with E-state index in [1.807, 2.05) is 0 Å². The minimum absolute atomic E-state index is 0.0750. The van der Waals surface area contributed by atoms with Crippen LogP contribution in [-0.2, 0) is 16.4 Å². The molecule has 0 aromatic heterocycles. The van der Waals surface area contributed by atoms with Crippen molar-refractivity contribution in [2.75, 3.05) is 11.9 Å². The number of rotatable bonds is 5. The molecule has 0 radical (unpaired) electrons. The van der Waals surface area contributed by atoms with Gasteiger partial charge >= 0.3 is 0 Å². The predicted octanol–water partition coefficient (Wildman–Crippen LogP) is 4.95. The van der Waals surface area contributed by atoms with Crippen molar-refractivity contribution in [2.45, 2.75) is 63.7 Å². The first-order valence-electron chi connectivity index (χ1n) is 10.7. The minimum Gasteiger partial charge on any atom is -0.385 e. The molecule has 156 valence electrons. The molecule has 2 aliphatic rings. The van der Waals surface area contributed by atoms with E-state index in [2.05, 4.69) is 52.5 Å². The second-order valence-corrected chi connectivity index (χ2v) is 12.0. The van der Waals surface area contributed by atoms with Gasteiger partial charge in [0, 0.05) is 24.7 Å². The molecule has 0 heterocycles. The van der Waals surface area contributed by atoms with E-state index in [1.165, 1.54) is 27.9 Å². The van der Waals surface area contributed by atoms with Gasteiger partial charge in [0.05, 0.1) is 4.75 Å². The van der Waals surface area contributed by atoms with Gasteiger partial charge < -0.3 is 5.32 Å². The van der Waals surface area contributed by atoms with Crippen molar-refractivity contribution in [3.8, 4) is 11.1 Å². The molecule has 4 rings (SSSR count). The Morgan fingerprint density at radius 1 is 0.931 bits per heavy atom. The van der Waals surface area contributed by atoms with E-state index >= 15 is 0 Å². The standard InChI is InChI=1S/C24H32N2O2S/c1-24(2,3)29(27,28)26-19-13-11-17(12-14-19)16-25-23-10-6-9-21-20-8-5-4-7-18(20)15-22(21)23/h4-10,17,19,25-26H,11-16H2,1-3H3. The van der Waals surface area contributed by atoms with Crippen LogP contribution in [0.5, 0.6) is 0 Å². The molecule has 4 nitrogen and oxygen atoms in total. The first kappa shape index (κ1) is 20.4. The fourth-order valence-corrected chi connectivity index (χ4v) is 5.49. The molecule has 0 bridgehead atoms. The predicted molar refractivity (Wildman–Crippen MR) is 121 cm³/mol. The zero-order chi connectivity index (χ0) is 20.6. The number of benzene rings is 2. The van der Waals surface area contributed by atoms with Crippen LogP contribution in [0, 0.1) is 5.92 Å². The van der Waals surface area contributed by atoms with Crippen molar-refractivity contribution >= 4 is 15.7 Å². The van der Waals surface area contributed by atoms with Crippen molar-refractivity contribution in [1.29, 1.82) is 0 Å². The van der Waals surface area contributed by atoms with Crippen LogP contribution in [-0.4, -0.2) is 25.8 Å². The molecule has 2 aliphatic carbocycles. The van der Waals surface area contributed by atoms with Gasteiger partial charge in [0.15, 0.2) is 0 Å². The van der Waals surface area contributed by atoms with Crippen molar-refractivity contribution in [1.82, 2.24) is 4.72 Å². The highest BCUT2D eigenvalue weighted by molar-refractivity contribution is 7.90. The molecule has 0 spiro atoms. The normalized spacial score (nSPS) is 21.5. The summed E-state index contributed by atoms with van der Waals surface area (Å²) in [4.78, 5) is 0. The third-order valence-corrected chi connectivity index (χ3v) is 8.66. The molecule has 0 amide bonds. The molecule has 1 saturated carbocycles. The van der Waals surface area contributed by atoms with Gasteiger partial charge in [-0.2, -0.15) is 0 Å². The molecule has 29 heavy (non-hydrogen) atoms. The number of anilines is 1. The lowest BCUT2D eigenvalue weighted by atomic mass is 9.86. The molecule has 2 aromatic rings. The van der Waals surface area contributed by atoms with Crippen molar-refractivity contribution in [2.24, 2.45) is 5.92 Å². The Morgan fingerprint density at radius 3 is 2.34 bits per heavy atom. The Labute approximate surface area is 175 Å². The molecule has 5 heteroatoms. The molecule has 0 atom stereocenters. The maximum Gasteiger partial charge on any atom is 0.216 e. The molecule has 1 fully saturated rings. The Balaban J connectivity index is 1.33. The van der Waals surface area contributed by atoms with E-state index < -0.39 is 14.8 Å². The van der Waals surface area contributed by atoms with Gasteiger partial charge in [0.1, 0.15) is 0 Å². The van der Waals surface area contributed by atoms with Crippen LogP contribution in [0.25, 0.3) is 11.1 Å². The quantitative estimate of drug-likeness (QED) is 0.624. The Morgan fingerprint density at radius 2 is 1.62 bits per heavy atom. The molecule has 0 saturated heterocycles. The van der Waals surface area contributed by atoms with Crippen molar-refractivity contribution in [3.05, 3.63) is 53.6 Å². The van der Waals surface area contributed by atoms with E-state index in [1.54, 1.807) is 20.8 Å². The highest BCUT2D eigenvalue weighted by Crippen LogP contribution is 2.40. The summed E-state index contributed by atoms with van der Waals surface area (Å²) in [7, 11) is -3.27. The third-order valence-electron chi connectivity index (χ3n) is 6.41. The molecule has 0 unspecified atom stereocenters. The summed E-state index contributed by atoms with van der Waals surface area (Å²) in [6, 6.07) is 15.3. The van der Waals surface area contributed by atoms with E-state index in [0.717, 1.165) is 38.6 Å². The summed E-state index contributed by atoms with van der Waals surface area (Å²) in [6.07, 6.45) is 4.94. The van der Waals surface area contributed by atoms with Crippen LogP contribution in [0.2, 0.25) is 0 Å². The number of fused-ring (bicyclic) bond motifs is 3. The molecule has 2 N–H and O–H groups in total. The fourth-order valence-electron chi connectivity index (χ4n) is 4.46. The minimum atomic E-state index is -3.27. The zero-order valence-corrected chi connectivity index (χ0v) is 18.5. The van der Waals surface area contributed by atoms with Crippen molar-refractivity contribution in [3.63, 3.8) is 0 Å². The molecule has 0 aliphatic heterocycles. The average Bonchev–Trinajstić information content (AvgIpc) is 3.06. The van der Waals surface area contributed by atoms with E-state index in [-0.39, 0.29) is 6.04 Å².